The van der Waals surface area contributed by atoms with Gasteiger partial charge in [-0.1, -0.05) is 39.7 Å². The Morgan fingerprint density at radius 1 is 0.889 bits per heavy atom. The van der Waals surface area contributed by atoms with E-state index in [0.29, 0.717) is 10.8 Å². The number of hydrogen-bond donors (Lipinski definition) is 1. The second-order valence-electron chi connectivity index (χ2n) is 11.1. The van der Waals surface area contributed by atoms with Crippen molar-refractivity contribution in [3.05, 3.63) is 12.2 Å². The molecule has 1 nitrogen and oxygen atoms in total. The SMILES string of the molecule is C.C=C(C)CCCC1CCC2C3CCC4CCCCC4(C)C3CCC12C.N. The molecule has 0 aliphatic heterocycles. The van der Waals surface area contributed by atoms with Crippen molar-refractivity contribution >= 4 is 0 Å². The quantitative estimate of drug-likeness (QED) is 0.490. The van der Waals surface area contributed by atoms with Crippen LogP contribution in [-0.4, -0.2) is 0 Å². The molecule has 0 aromatic rings. The van der Waals surface area contributed by atoms with Gasteiger partial charge >= 0.3 is 0 Å². The Morgan fingerprint density at radius 3 is 2.37 bits per heavy atom. The predicted octanol–water partition coefficient (Wildman–Crippen LogP) is 8.58. The molecule has 4 rings (SSSR count). The first-order chi connectivity index (χ1) is 11.9. The smallest absolute Gasteiger partial charge is 0.0266 e. The summed E-state index contributed by atoms with van der Waals surface area (Å²) in [5.74, 6) is 5.28. The first-order valence-corrected chi connectivity index (χ1v) is 11.6. The van der Waals surface area contributed by atoms with Gasteiger partial charge in [0, 0.05) is 0 Å². The maximum atomic E-state index is 4.12. The minimum absolute atomic E-state index is 0. The highest BCUT2D eigenvalue weighted by Crippen LogP contribution is 2.67. The van der Waals surface area contributed by atoms with Crippen molar-refractivity contribution in [3.63, 3.8) is 0 Å². The molecule has 3 N–H and O–H groups in total. The van der Waals surface area contributed by atoms with Crippen molar-refractivity contribution in [2.45, 2.75) is 112 Å². The van der Waals surface area contributed by atoms with Gasteiger partial charge in [0.1, 0.15) is 0 Å². The molecule has 0 aromatic heterocycles. The predicted molar refractivity (Wildman–Crippen MR) is 120 cm³/mol. The number of allylic oxidation sites excluding steroid dienone is 1. The van der Waals surface area contributed by atoms with Crippen molar-refractivity contribution in [1.29, 1.82) is 0 Å². The van der Waals surface area contributed by atoms with Gasteiger partial charge in [0.05, 0.1) is 0 Å². The van der Waals surface area contributed by atoms with E-state index >= 15 is 0 Å². The van der Waals surface area contributed by atoms with E-state index in [1.807, 2.05) is 0 Å². The highest BCUT2D eigenvalue weighted by Gasteiger charge is 2.59. The Bertz CT molecular complexity index is 510. The number of hydrogen-bond acceptors (Lipinski definition) is 1. The van der Waals surface area contributed by atoms with Crippen LogP contribution in [0.3, 0.4) is 0 Å². The zero-order valence-corrected chi connectivity index (χ0v) is 18.0. The van der Waals surface area contributed by atoms with Gasteiger partial charge in [0.25, 0.3) is 0 Å². The Hall–Kier alpha value is -0.300. The molecule has 7 unspecified atom stereocenters. The van der Waals surface area contributed by atoms with E-state index in [-0.39, 0.29) is 13.6 Å². The average Bonchev–Trinajstić information content (AvgIpc) is 2.91. The molecule has 0 spiro atoms. The zero-order valence-electron chi connectivity index (χ0n) is 18.0. The molecule has 0 aromatic carbocycles. The second kappa shape index (κ2) is 8.60. The third kappa shape index (κ3) is 3.79. The Kier molecular flexibility index (Phi) is 7.32. The van der Waals surface area contributed by atoms with Crippen molar-refractivity contribution in [3.8, 4) is 0 Å². The largest absolute Gasteiger partial charge is 0.344 e. The average molecular weight is 376 g/mol. The first kappa shape index (κ1) is 23.0. The fourth-order valence-electron chi connectivity index (χ4n) is 8.53. The van der Waals surface area contributed by atoms with E-state index in [1.165, 1.54) is 44.1 Å². The molecule has 0 heterocycles. The topological polar surface area (TPSA) is 35.0 Å². The molecular formula is C26H49N. The zero-order chi connectivity index (χ0) is 17.7. The monoisotopic (exact) mass is 375 g/mol. The molecule has 0 saturated heterocycles. The van der Waals surface area contributed by atoms with E-state index in [1.54, 1.807) is 44.9 Å². The minimum atomic E-state index is 0. The second-order valence-corrected chi connectivity index (χ2v) is 11.1. The van der Waals surface area contributed by atoms with Gasteiger partial charge in [-0.25, -0.2) is 0 Å². The molecule has 4 aliphatic carbocycles. The summed E-state index contributed by atoms with van der Waals surface area (Å²) in [6.45, 7) is 11.7. The van der Waals surface area contributed by atoms with E-state index in [4.69, 9.17) is 0 Å². The van der Waals surface area contributed by atoms with E-state index in [2.05, 4.69) is 27.4 Å². The van der Waals surface area contributed by atoms with Crippen LogP contribution in [0, 0.1) is 40.4 Å². The highest BCUT2D eigenvalue weighted by atomic mass is 14.6. The standard InChI is InChI=1S/C25H42.CH4.H3N/c1-18(2)8-7-10-20-12-14-22-21-13-11-19-9-5-6-16-24(19,3)23(21)15-17-25(20,22)4;;/h19-23H,1,5-17H2,2-4H3;1H4;1H3. The first-order valence-electron chi connectivity index (χ1n) is 11.6. The minimum Gasteiger partial charge on any atom is -0.344 e. The Balaban J connectivity index is 0.00000131. The maximum Gasteiger partial charge on any atom is -0.0266 e. The molecule has 4 saturated carbocycles. The molecule has 0 amide bonds. The summed E-state index contributed by atoms with van der Waals surface area (Å²) in [7, 11) is 0. The van der Waals surface area contributed by atoms with Gasteiger partial charge in [-0.2, -0.15) is 0 Å². The lowest BCUT2D eigenvalue weighted by molar-refractivity contribution is -0.111. The van der Waals surface area contributed by atoms with Crippen LogP contribution in [0.4, 0.5) is 0 Å². The van der Waals surface area contributed by atoms with Gasteiger partial charge < -0.3 is 6.15 Å². The van der Waals surface area contributed by atoms with Gasteiger partial charge in [-0.3, -0.25) is 0 Å². The lowest BCUT2D eigenvalue weighted by atomic mass is 9.45. The van der Waals surface area contributed by atoms with Gasteiger partial charge in [-0.05, 0) is 118 Å². The Labute approximate surface area is 170 Å². The van der Waals surface area contributed by atoms with Crippen molar-refractivity contribution in [2.24, 2.45) is 40.4 Å². The summed E-state index contributed by atoms with van der Waals surface area (Å²) >= 11 is 0. The number of fused-ring (bicyclic) bond motifs is 5. The van der Waals surface area contributed by atoms with E-state index in [9.17, 15) is 0 Å². The fraction of sp³-hybridized carbons (Fsp3) is 0.923. The van der Waals surface area contributed by atoms with E-state index < -0.39 is 0 Å². The Morgan fingerprint density at radius 2 is 1.63 bits per heavy atom. The van der Waals surface area contributed by atoms with Crippen molar-refractivity contribution < 1.29 is 0 Å². The summed E-state index contributed by atoms with van der Waals surface area (Å²) in [5.41, 5.74) is 2.77. The molecule has 158 valence electrons. The third-order valence-electron chi connectivity index (χ3n) is 9.94. The van der Waals surface area contributed by atoms with Crippen LogP contribution in [0.25, 0.3) is 0 Å². The summed E-state index contributed by atoms with van der Waals surface area (Å²) in [5, 5.41) is 0. The van der Waals surface area contributed by atoms with Gasteiger partial charge in [0.2, 0.25) is 0 Å². The summed E-state index contributed by atoms with van der Waals surface area (Å²) < 4.78 is 0. The van der Waals surface area contributed by atoms with Crippen LogP contribution >= 0.6 is 0 Å². The maximum absolute atomic E-state index is 4.12. The van der Waals surface area contributed by atoms with Crippen LogP contribution in [0.1, 0.15) is 112 Å². The molecule has 1 heteroatoms. The molecule has 0 radical (unpaired) electrons. The van der Waals surface area contributed by atoms with E-state index in [0.717, 1.165) is 29.6 Å². The summed E-state index contributed by atoms with van der Waals surface area (Å²) in [6.07, 6.45) is 19.5. The summed E-state index contributed by atoms with van der Waals surface area (Å²) in [6, 6.07) is 0. The van der Waals surface area contributed by atoms with Gasteiger partial charge in [-0.15, -0.1) is 6.58 Å². The molecule has 4 fully saturated rings. The molecule has 0 bridgehead atoms. The fourth-order valence-corrected chi connectivity index (χ4v) is 8.53. The summed E-state index contributed by atoms with van der Waals surface area (Å²) in [4.78, 5) is 0. The van der Waals surface area contributed by atoms with Crippen LogP contribution in [0.5, 0.6) is 0 Å². The molecule has 7 atom stereocenters. The van der Waals surface area contributed by atoms with Gasteiger partial charge in [0.15, 0.2) is 0 Å². The van der Waals surface area contributed by atoms with Crippen LogP contribution in [-0.2, 0) is 0 Å². The molecule has 4 aliphatic rings. The highest BCUT2D eigenvalue weighted by molar-refractivity contribution is 5.08. The third-order valence-corrected chi connectivity index (χ3v) is 9.94. The molecular weight excluding hydrogens is 326 g/mol. The number of rotatable bonds is 4. The lowest BCUT2D eigenvalue weighted by Crippen LogP contribution is -2.52. The normalized spacial score (nSPS) is 45.5. The van der Waals surface area contributed by atoms with Crippen molar-refractivity contribution in [2.75, 3.05) is 0 Å². The lowest BCUT2D eigenvalue weighted by Gasteiger charge is -2.60. The van der Waals surface area contributed by atoms with Crippen LogP contribution in [0.15, 0.2) is 12.2 Å². The van der Waals surface area contributed by atoms with Crippen molar-refractivity contribution in [1.82, 2.24) is 6.15 Å². The van der Waals surface area contributed by atoms with Crippen LogP contribution in [0.2, 0.25) is 0 Å². The van der Waals surface area contributed by atoms with Crippen LogP contribution < -0.4 is 6.15 Å². The molecule has 27 heavy (non-hydrogen) atoms.